The summed E-state index contributed by atoms with van der Waals surface area (Å²) in [7, 11) is -3.57. The van der Waals surface area contributed by atoms with Crippen molar-refractivity contribution >= 4 is 37.7 Å². The lowest BCUT2D eigenvalue weighted by atomic mass is 10.2. The van der Waals surface area contributed by atoms with Crippen LogP contribution in [0.1, 0.15) is 18.9 Å². The molecule has 0 heterocycles. The number of hydrogen-bond donors (Lipinski definition) is 2. The highest BCUT2D eigenvalue weighted by atomic mass is 79.9. The molecule has 1 aromatic rings. The van der Waals surface area contributed by atoms with Gasteiger partial charge in [-0.1, -0.05) is 6.07 Å². The van der Waals surface area contributed by atoms with E-state index in [4.69, 9.17) is 5.11 Å². The Morgan fingerprint density at radius 2 is 2.16 bits per heavy atom. The minimum atomic E-state index is -3.57. The molecular weight excluding hydrogens is 350 g/mol. The van der Waals surface area contributed by atoms with Gasteiger partial charge in [0.05, 0.1) is 11.5 Å². The van der Waals surface area contributed by atoms with Crippen molar-refractivity contribution in [3.63, 3.8) is 0 Å². The number of sulfonamides is 1. The fraction of sp³-hybridized carbons (Fsp3) is 0.500. The molecule has 0 radical (unpaired) electrons. The van der Waals surface area contributed by atoms with Crippen LogP contribution in [-0.2, 0) is 16.6 Å². The van der Waals surface area contributed by atoms with Crippen molar-refractivity contribution in [3.05, 3.63) is 28.2 Å². The zero-order valence-electron chi connectivity index (χ0n) is 10.9. The normalized spacial score (nSPS) is 13.5. The second kappa shape index (κ2) is 7.64. The van der Waals surface area contributed by atoms with Crippen LogP contribution >= 0.6 is 27.7 Å². The molecule has 19 heavy (non-hydrogen) atoms. The standard InChI is InChI=1S/C12H18BrNO3S2/c1-9(5-6-18-2)14-19(16,17)12-7-10(8-15)3-4-11(12)13/h3-4,7,9,14-15H,5-6,8H2,1-2H3. The molecule has 4 nitrogen and oxygen atoms in total. The molecule has 0 saturated carbocycles. The van der Waals surface area contributed by atoms with Crippen LogP contribution < -0.4 is 4.72 Å². The first-order valence-electron chi connectivity index (χ1n) is 5.81. The van der Waals surface area contributed by atoms with Crippen molar-refractivity contribution in [3.8, 4) is 0 Å². The number of benzene rings is 1. The van der Waals surface area contributed by atoms with E-state index in [1.165, 1.54) is 6.07 Å². The van der Waals surface area contributed by atoms with Gasteiger partial charge in [-0.3, -0.25) is 0 Å². The van der Waals surface area contributed by atoms with E-state index in [-0.39, 0.29) is 17.5 Å². The van der Waals surface area contributed by atoms with Gasteiger partial charge in [0.2, 0.25) is 10.0 Å². The summed E-state index contributed by atoms with van der Waals surface area (Å²) in [6, 6.07) is 4.67. The van der Waals surface area contributed by atoms with Crippen molar-refractivity contribution < 1.29 is 13.5 Å². The molecular formula is C12H18BrNO3S2. The molecule has 0 aromatic heterocycles. The predicted molar refractivity (Wildman–Crippen MR) is 82.8 cm³/mol. The van der Waals surface area contributed by atoms with E-state index >= 15 is 0 Å². The molecule has 1 aromatic carbocycles. The Morgan fingerprint density at radius 3 is 2.74 bits per heavy atom. The molecule has 0 aliphatic carbocycles. The summed E-state index contributed by atoms with van der Waals surface area (Å²) in [4.78, 5) is 0.162. The molecule has 1 rings (SSSR count). The fourth-order valence-corrected chi connectivity index (χ4v) is 4.41. The zero-order chi connectivity index (χ0) is 14.5. The Balaban J connectivity index is 2.93. The van der Waals surface area contributed by atoms with E-state index < -0.39 is 10.0 Å². The quantitative estimate of drug-likeness (QED) is 0.776. The van der Waals surface area contributed by atoms with E-state index in [0.29, 0.717) is 10.0 Å². The molecule has 0 amide bonds. The molecule has 108 valence electrons. The summed E-state index contributed by atoms with van der Waals surface area (Å²) in [5.74, 6) is 0.904. The molecule has 0 aliphatic rings. The number of hydrogen-bond acceptors (Lipinski definition) is 4. The van der Waals surface area contributed by atoms with Crippen LogP contribution in [0.3, 0.4) is 0 Å². The smallest absolute Gasteiger partial charge is 0.241 e. The van der Waals surface area contributed by atoms with Crippen LogP contribution in [0.4, 0.5) is 0 Å². The first-order chi connectivity index (χ1) is 8.90. The molecule has 0 bridgehead atoms. The number of aliphatic hydroxyl groups is 1. The summed E-state index contributed by atoms with van der Waals surface area (Å²) in [6.07, 6.45) is 2.76. The van der Waals surface area contributed by atoms with Gasteiger partial charge in [-0.25, -0.2) is 13.1 Å². The number of rotatable bonds is 7. The molecule has 1 unspecified atom stereocenters. The van der Waals surface area contributed by atoms with Crippen LogP contribution in [0.5, 0.6) is 0 Å². The molecule has 7 heteroatoms. The molecule has 0 aliphatic heterocycles. The van der Waals surface area contributed by atoms with Gasteiger partial charge in [0.25, 0.3) is 0 Å². The summed E-state index contributed by atoms with van der Waals surface area (Å²) in [5.41, 5.74) is 0.570. The largest absolute Gasteiger partial charge is 0.392 e. The predicted octanol–water partition coefficient (Wildman–Crippen LogP) is 2.36. The molecule has 1 atom stereocenters. The highest BCUT2D eigenvalue weighted by Crippen LogP contribution is 2.23. The average Bonchev–Trinajstić information content (AvgIpc) is 2.36. The third kappa shape index (κ3) is 5.07. The maximum Gasteiger partial charge on any atom is 0.241 e. The molecule has 0 fully saturated rings. The lowest BCUT2D eigenvalue weighted by Gasteiger charge is -2.15. The summed E-state index contributed by atoms with van der Waals surface area (Å²) in [5, 5.41) is 9.08. The van der Waals surface area contributed by atoms with Crippen molar-refractivity contribution in [1.29, 1.82) is 0 Å². The first-order valence-corrected chi connectivity index (χ1v) is 9.48. The Bertz CT molecular complexity index is 520. The maximum atomic E-state index is 12.3. The van der Waals surface area contributed by atoms with Gasteiger partial charge < -0.3 is 5.11 Å². The number of thioether (sulfide) groups is 1. The van der Waals surface area contributed by atoms with Crippen molar-refractivity contribution in [1.82, 2.24) is 4.72 Å². The van der Waals surface area contributed by atoms with Gasteiger partial charge in [-0.2, -0.15) is 11.8 Å². The van der Waals surface area contributed by atoms with E-state index in [9.17, 15) is 8.42 Å². The lowest BCUT2D eigenvalue weighted by Crippen LogP contribution is -2.33. The van der Waals surface area contributed by atoms with Crippen LogP contribution in [0.2, 0.25) is 0 Å². The molecule has 0 spiro atoms. The fourth-order valence-electron chi connectivity index (χ4n) is 1.53. The molecule has 0 saturated heterocycles. The SMILES string of the molecule is CSCCC(C)NS(=O)(=O)c1cc(CO)ccc1Br. The summed E-state index contributed by atoms with van der Waals surface area (Å²) >= 11 is 4.92. The van der Waals surface area contributed by atoms with Crippen LogP contribution in [0.15, 0.2) is 27.6 Å². The van der Waals surface area contributed by atoms with E-state index in [2.05, 4.69) is 20.7 Å². The minimum Gasteiger partial charge on any atom is -0.392 e. The number of nitrogens with one attached hydrogen (secondary N) is 1. The van der Waals surface area contributed by atoms with Gasteiger partial charge in [-0.15, -0.1) is 0 Å². The lowest BCUT2D eigenvalue weighted by molar-refractivity contribution is 0.281. The Morgan fingerprint density at radius 1 is 1.47 bits per heavy atom. The third-order valence-corrected chi connectivity index (χ3v) is 5.81. The second-order valence-corrected chi connectivity index (χ2v) is 7.75. The van der Waals surface area contributed by atoms with Crippen molar-refractivity contribution in [2.24, 2.45) is 0 Å². The first kappa shape index (κ1) is 17.0. The van der Waals surface area contributed by atoms with E-state index in [1.807, 2.05) is 13.2 Å². The zero-order valence-corrected chi connectivity index (χ0v) is 14.1. The molecule has 2 N–H and O–H groups in total. The Hall–Kier alpha value is -0.0800. The maximum absolute atomic E-state index is 12.3. The van der Waals surface area contributed by atoms with Crippen LogP contribution in [0.25, 0.3) is 0 Å². The van der Waals surface area contributed by atoms with E-state index in [0.717, 1.165) is 12.2 Å². The van der Waals surface area contributed by atoms with Gasteiger partial charge in [0.1, 0.15) is 0 Å². The summed E-state index contributed by atoms with van der Waals surface area (Å²) in [6.45, 7) is 1.66. The van der Waals surface area contributed by atoms with Gasteiger partial charge >= 0.3 is 0 Å². The highest BCUT2D eigenvalue weighted by molar-refractivity contribution is 9.10. The third-order valence-electron chi connectivity index (χ3n) is 2.58. The van der Waals surface area contributed by atoms with Crippen LogP contribution in [0, 0.1) is 0 Å². The van der Waals surface area contributed by atoms with Gasteiger partial charge in [0, 0.05) is 10.5 Å². The average molecular weight is 368 g/mol. The van der Waals surface area contributed by atoms with Gasteiger partial charge in [0.15, 0.2) is 0 Å². The topological polar surface area (TPSA) is 66.4 Å². The Kier molecular flexibility index (Phi) is 6.82. The number of halogens is 1. The van der Waals surface area contributed by atoms with Crippen molar-refractivity contribution in [2.75, 3.05) is 12.0 Å². The van der Waals surface area contributed by atoms with Crippen molar-refractivity contribution in [2.45, 2.75) is 30.9 Å². The monoisotopic (exact) mass is 367 g/mol. The van der Waals surface area contributed by atoms with Crippen LogP contribution in [-0.4, -0.2) is 31.6 Å². The second-order valence-electron chi connectivity index (χ2n) is 4.23. The minimum absolute atomic E-state index is 0.123. The van der Waals surface area contributed by atoms with E-state index in [1.54, 1.807) is 23.9 Å². The Labute approximate surface area is 127 Å². The number of aliphatic hydroxyl groups excluding tert-OH is 1. The summed E-state index contributed by atoms with van der Waals surface area (Å²) < 4.78 is 27.7. The van der Waals surface area contributed by atoms with Gasteiger partial charge in [-0.05, 0) is 59.0 Å². The highest BCUT2D eigenvalue weighted by Gasteiger charge is 2.20.